The molecule has 4 heteroatoms. The number of aliphatic hydroxyl groups is 1. The molecule has 3 N–H and O–H groups in total. The first kappa shape index (κ1) is 12.1. The number of hydrogen-bond donors (Lipinski definition) is 2. The van der Waals surface area contributed by atoms with Crippen molar-refractivity contribution >= 4 is 0 Å². The normalized spacial score (nSPS) is 13.9. The molecule has 1 aromatic carbocycles. The second-order valence-electron chi connectivity index (χ2n) is 3.74. The van der Waals surface area contributed by atoms with E-state index in [1.807, 2.05) is 0 Å². The maximum absolute atomic E-state index is 12.7. The standard InChI is InChI=1S/C11H15F2NO/c1-11(12,13)6-8-2-4-9(5-3-8)10(15)7-14/h2-5,10,15H,6-7,14H2,1H3. The van der Waals surface area contributed by atoms with Crippen molar-refractivity contribution in [1.29, 1.82) is 0 Å². The van der Waals surface area contributed by atoms with Crippen LogP contribution in [0.15, 0.2) is 24.3 Å². The Morgan fingerprint density at radius 2 is 1.87 bits per heavy atom. The van der Waals surface area contributed by atoms with E-state index in [2.05, 4.69) is 0 Å². The molecule has 0 aromatic heterocycles. The van der Waals surface area contributed by atoms with Gasteiger partial charge in [-0.1, -0.05) is 24.3 Å². The molecule has 1 aromatic rings. The van der Waals surface area contributed by atoms with E-state index in [0.717, 1.165) is 6.92 Å². The molecule has 0 aliphatic carbocycles. The van der Waals surface area contributed by atoms with Crippen LogP contribution in [-0.2, 0) is 6.42 Å². The smallest absolute Gasteiger partial charge is 0.249 e. The first-order valence-corrected chi connectivity index (χ1v) is 4.77. The Morgan fingerprint density at radius 1 is 1.33 bits per heavy atom. The van der Waals surface area contributed by atoms with E-state index >= 15 is 0 Å². The van der Waals surface area contributed by atoms with Gasteiger partial charge in [-0.25, -0.2) is 8.78 Å². The summed E-state index contributed by atoms with van der Waals surface area (Å²) in [5, 5.41) is 9.38. The molecule has 0 fully saturated rings. The lowest BCUT2D eigenvalue weighted by Crippen LogP contribution is -2.14. The predicted octanol–water partition coefficient (Wildman–Crippen LogP) is 1.88. The average molecular weight is 215 g/mol. The fourth-order valence-electron chi connectivity index (χ4n) is 1.35. The van der Waals surface area contributed by atoms with Crippen LogP contribution in [-0.4, -0.2) is 17.6 Å². The number of rotatable bonds is 4. The Morgan fingerprint density at radius 3 is 2.27 bits per heavy atom. The van der Waals surface area contributed by atoms with Crippen LogP contribution in [0.2, 0.25) is 0 Å². The van der Waals surface area contributed by atoms with Crippen molar-refractivity contribution in [3.63, 3.8) is 0 Å². The highest BCUT2D eigenvalue weighted by molar-refractivity contribution is 5.25. The fraction of sp³-hybridized carbons (Fsp3) is 0.455. The highest BCUT2D eigenvalue weighted by Gasteiger charge is 2.21. The van der Waals surface area contributed by atoms with E-state index in [0.29, 0.717) is 11.1 Å². The molecule has 84 valence electrons. The molecule has 0 radical (unpaired) electrons. The van der Waals surface area contributed by atoms with Crippen molar-refractivity contribution in [2.75, 3.05) is 6.54 Å². The summed E-state index contributed by atoms with van der Waals surface area (Å²) in [4.78, 5) is 0. The number of aliphatic hydroxyl groups excluding tert-OH is 1. The number of nitrogens with two attached hydrogens (primary N) is 1. The zero-order valence-corrected chi connectivity index (χ0v) is 8.58. The third-order valence-corrected chi connectivity index (χ3v) is 2.10. The van der Waals surface area contributed by atoms with Crippen molar-refractivity contribution in [2.24, 2.45) is 5.73 Å². The molecule has 1 unspecified atom stereocenters. The van der Waals surface area contributed by atoms with Gasteiger partial charge in [0, 0.05) is 13.0 Å². The molecule has 15 heavy (non-hydrogen) atoms. The van der Waals surface area contributed by atoms with Crippen LogP contribution in [0.3, 0.4) is 0 Å². The number of hydrogen-bond acceptors (Lipinski definition) is 2. The first-order chi connectivity index (χ1) is 6.92. The van der Waals surface area contributed by atoms with Crippen LogP contribution in [0.4, 0.5) is 8.78 Å². The molecule has 0 saturated carbocycles. The minimum atomic E-state index is -2.70. The van der Waals surface area contributed by atoms with Crippen LogP contribution in [0.5, 0.6) is 0 Å². The van der Waals surface area contributed by atoms with Crippen LogP contribution < -0.4 is 5.73 Å². The lowest BCUT2D eigenvalue weighted by atomic mass is 10.0. The van der Waals surface area contributed by atoms with Gasteiger partial charge in [0.05, 0.1) is 6.10 Å². The van der Waals surface area contributed by atoms with Gasteiger partial charge in [0.2, 0.25) is 5.92 Å². The van der Waals surface area contributed by atoms with Crippen molar-refractivity contribution in [3.8, 4) is 0 Å². The van der Waals surface area contributed by atoms with E-state index in [1.54, 1.807) is 24.3 Å². The number of halogens is 2. The van der Waals surface area contributed by atoms with Gasteiger partial charge in [-0.2, -0.15) is 0 Å². The summed E-state index contributed by atoms with van der Waals surface area (Å²) >= 11 is 0. The summed E-state index contributed by atoms with van der Waals surface area (Å²) in [6, 6.07) is 6.43. The second kappa shape index (κ2) is 4.68. The summed E-state index contributed by atoms with van der Waals surface area (Å²) in [5.74, 6) is -2.70. The molecular weight excluding hydrogens is 200 g/mol. The topological polar surface area (TPSA) is 46.2 Å². The summed E-state index contributed by atoms with van der Waals surface area (Å²) in [5.41, 5.74) is 6.48. The fourth-order valence-corrected chi connectivity index (χ4v) is 1.35. The summed E-state index contributed by atoms with van der Waals surface area (Å²) in [7, 11) is 0. The summed E-state index contributed by atoms with van der Waals surface area (Å²) in [6.07, 6.45) is -1.01. The first-order valence-electron chi connectivity index (χ1n) is 4.77. The zero-order valence-electron chi connectivity index (χ0n) is 8.58. The zero-order chi connectivity index (χ0) is 11.5. The predicted molar refractivity (Wildman–Crippen MR) is 54.8 cm³/mol. The van der Waals surface area contributed by atoms with Gasteiger partial charge < -0.3 is 10.8 Å². The van der Waals surface area contributed by atoms with Gasteiger partial charge >= 0.3 is 0 Å². The molecule has 0 aliphatic heterocycles. The van der Waals surface area contributed by atoms with Gasteiger partial charge in [0.1, 0.15) is 0 Å². The van der Waals surface area contributed by atoms with Crippen molar-refractivity contribution in [3.05, 3.63) is 35.4 Å². The van der Waals surface area contributed by atoms with E-state index in [1.165, 1.54) is 0 Å². The van der Waals surface area contributed by atoms with E-state index in [-0.39, 0.29) is 13.0 Å². The minimum Gasteiger partial charge on any atom is -0.387 e. The molecule has 0 bridgehead atoms. The Kier molecular flexibility index (Phi) is 3.77. The highest BCUT2D eigenvalue weighted by atomic mass is 19.3. The van der Waals surface area contributed by atoms with E-state index in [4.69, 9.17) is 5.73 Å². The third-order valence-electron chi connectivity index (χ3n) is 2.10. The second-order valence-corrected chi connectivity index (χ2v) is 3.74. The summed E-state index contributed by atoms with van der Waals surface area (Å²) < 4.78 is 25.3. The van der Waals surface area contributed by atoms with Crippen molar-refractivity contribution in [2.45, 2.75) is 25.4 Å². The molecule has 1 atom stereocenters. The molecule has 2 nitrogen and oxygen atoms in total. The van der Waals surface area contributed by atoms with Gasteiger partial charge in [-0.05, 0) is 18.1 Å². The third kappa shape index (κ3) is 3.93. The van der Waals surface area contributed by atoms with E-state index < -0.39 is 12.0 Å². The Labute approximate surface area is 87.7 Å². The maximum atomic E-state index is 12.7. The van der Waals surface area contributed by atoms with Crippen molar-refractivity contribution in [1.82, 2.24) is 0 Å². The monoisotopic (exact) mass is 215 g/mol. The number of alkyl halides is 2. The van der Waals surface area contributed by atoms with Crippen LogP contribution in [0.1, 0.15) is 24.2 Å². The Bertz CT molecular complexity index is 305. The van der Waals surface area contributed by atoms with Crippen LogP contribution >= 0.6 is 0 Å². The van der Waals surface area contributed by atoms with Gasteiger partial charge in [-0.15, -0.1) is 0 Å². The van der Waals surface area contributed by atoms with Crippen molar-refractivity contribution < 1.29 is 13.9 Å². The molecule has 0 spiro atoms. The molecule has 0 amide bonds. The Balaban J connectivity index is 2.72. The van der Waals surface area contributed by atoms with Crippen LogP contribution in [0, 0.1) is 0 Å². The molecule has 0 heterocycles. The SMILES string of the molecule is CC(F)(F)Cc1ccc(C(O)CN)cc1. The quantitative estimate of drug-likeness (QED) is 0.805. The maximum Gasteiger partial charge on any atom is 0.249 e. The van der Waals surface area contributed by atoms with Crippen LogP contribution in [0.25, 0.3) is 0 Å². The molecule has 1 rings (SSSR count). The molecule has 0 saturated heterocycles. The lowest BCUT2D eigenvalue weighted by molar-refractivity contribution is 0.0226. The molecule has 0 aliphatic rings. The lowest BCUT2D eigenvalue weighted by Gasteiger charge is -2.12. The molecular formula is C11H15F2NO. The Hall–Kier alpha value is -1.00. The summed E-state index contributed by atoms with van der Waals surface area (Å²) in [6.45, 7) is 1.01. The van der Waals surface area contributed by atoms with Gasteiger partial charge in [0.15, 0.2) is 0 Å². The van der Waals surface area contributed by atoms with Gasteiger partial charge in [0.25, 0.3) is 0 Å². The number of benzene rings is 1. The largest absolute Gasteiger partial charge is 0.387 e. The van der Waals surface area contributed by atoms with Gasteiger partial charge in [-0.3, -0.25) is 0 Å². The highest BCUT2D eigenvalue weighted by Crippen LogP contribution is 2.20. The van der Waals surface area contributed by atoms with E-state index in [9.17, 15) is 13.9 Å². The average Bonchev–Trinajstić information content (AvgIpc) is 2.15. The minimum absolute atomic E-state index is 0.128.